The summed E-state index contributed by atoms with van der Waals surface area (Å²) in [6.07, 6.45) is 2.01. The molecule has 0 aromatic rings. The van der Waals surface area contributed by atoms with E-state index in [4.69, 9.17) is 2.74 Å². The predicted octanol–water partition coefficient (Wildman–Crippen LogP) is 0.251. The SMILES string of the molecule is [2H]C1=C([2H])C(=O)C=CC1=O. The van der Waals surface area contributed by atoms with Gasteiger partial charge in [0.15, 0.2) is 11.6 Å². The van der Waals surface area contributed by atoms with E-state index < -0.39 is 23.7 Å². The van der Waals surface area contributed by atoms with Gasteiger partial charge in [-0.2, -0.15) is 0 Å². The molecule has 2 heteroatoms. The molecule has 0 fully saturated rings. The van der Waals surface area contributed by atoms with Gasteiger partial charge in [0, 0.05) is 0 Å². The van der Waals surface area contributed by atoms with Gasteiger partial charge in [0.1, 0.15) is 0 Å². The third-order valence-electron chi connectivity index (χ3n) is 0.695. The molecule has 0 saturated carbocycles. The van der Waals surface area contributed by atoms with Crippen molar-refractivity contribution in [2.75, 3.05) is 0 Å². The average molecular weight is 110 g/mol. The normalized spacial score (nSPS) is 23.5. The van der Waals surface area contributed by atoms with Crippen LogP contribution in [0.1, 0.15) is 2.74 Å². The van der Waals surface area contributed by atoms with Crippen molar-refractivity contribution in [2.45, 2.75) is 0 Å². The summed E-state index contributed by atoms with van der Waals surface area (Å²) in [5, 5.41) is 0. The van der Waals surface area contributed by atoms with Gasteiger partial charge < -0.3 is 0 Å². The minimum Gasteiger partial charge on any atom is -0.290 e. The van der Waals surface area contributed by atoms with Crippen LogP contribution >= 0.6 is 0 Å². The summed E-state index contributed by atoms with van der Waals surface area (Å²) in [6.45, 7) is 0. The van der Waals surface area contributed by atoms with Gasteiger partial charge in [-0.1, -0.05) is 0 Å². The van der Waals surface area contributed by atoms with Crippen LogP contribution in [0, 0.1) is 0 Å². The molecule has 0 aromatic carbocycles. The molecule has 0 atom stereocenters. The molecule has 1 aliphatic rings. The van der Waals surface area contributed by atoms with Crippen LogP contribution in [0.5, 0.6) is 0 Å². The number of allylic oxidation sites excluding steroid dienone is 4. The monoisotopic (exact) mass is 110 g/mol. The highest BCUT2D eigenvalue weighted by molar-refractivity contribution is 6.14. The maximum absolute atomic E-state index is 10.5. The van der Waals surface area contributed by atoms with Gasteiger partial charge >= 0.3 is 0 Å². The average Bonchev–Trinajstić information content (AvgIpc) is 1.93. The third-order valence-corrected chi connectivity index (χ3v) is 0.695. The molecule has 0 heterocycles. The second-order valence-electron chi connectivity index (χ2n) is 1.31. The van der Waals surface area contributed by atoms with E-state index in [-0.39, 0.29) is 0 Å². The molecule has 0 amide bonds. The van der Waals surface area contributed by atoms with Crippen LogP contribution in [0.15, 0.2) is 24.3 Å². The summed E-state index contributed by atoms with van der Waals surface area (Å²) >= 11 is 0. The summed E-state index contributed by atoms with van der Waals surface area (Å²) in [6, 6.07) is -1.04. The highest BCUT2D eigenvalue weighted by atomic mass is 16.1. The Kier molecular flexibility index (Phi) is 0.645. The number of carbonyl (C=O) groups is 2. The van der Waals surface area contributed by atoms with Crippen molar-refractivity contribution in [3.8, 4) is 0 Å². The Morgan fingerprint density at radius 2 is 1.50 bits per heavy atom. The van der Waals surface area contributed by atoms with E-state index in [1.807, 2.05) is 0 Å². The van der Waals surface area contributed by atoms with Crippen LogP contribution in [-0.4, -0.2) is 11.6 Å². The van der Waals surface area contributed by atoms with Crippen molar-refractivity contribution >= 4 is 11.6 Å². The Hall–Kier alpha value is -1.18. The quantitative estimate of drug-likeness (QED) is 0.419. The predicted molar refractivity (Wildman–Crippen MR) is 28.3 cm³/mol. The molecule has 1 aliphatic carbocycles. The Bertz CT molecular complexity index is 237. The zero-order chi connectivity index (χ0) is 7.72. The van der Waals surface area contributed by atoms with Gasteiger partial charge in [-0.05, 0) is 24.3 Å². The first kappa shape index (κ1) is 2.97. The van der Waals surface area contributed by atoms with Gasteiger partial charge in [0.2, 0.25) is 0 Å². The van der Waals surface area contributed by atoms with E-state index in [0.29, 0.717) is 0 Å². The van der Waals surface area contributed by atoms with Gasteiger partial charge in [-0.15, -0.1) is 0 Å². The Balaban J connectivity index is 3.12. The number of hydrogen-bond donors (Lipinski definition) is 0. The van der Waals surface area contributed by atoms with Gasteiger partial charge in [0.05, 0.1) is 2.74 Å². The molecule has 0 aliphatic heterocycles. The Morgan fingerprint density at radius 1 is 1.12 bits per heavy atom. The number of ketones is 2. The molecular formula is C6H4O2. The van der Waals surface area contributed by atoms with Crippen molar-refractivity contribution in [1.82, 2.24) is 0 Å². The fourth-order valence-corrected chi connectivity index (χ4v) is 0.358. The second kappa shape index (κ2) is 1.74. The van der Waals surface area contributed by atoms with Crippen LogP contribution in [0.4, 0.5) is 0 Å². The molecule has 0 bridgehead atoms. The second-order valence-corrected chi connectivity index (χ2v) is 1.31. The smallest absolute Gasteiger partial charge is 0.178 e. The number of hydrogen-bond acceptors (Lipinski definition) is 2. The maximum Gasteiger partial charge on any atom is 0.178 e. The highest BCUT2D eigenvalue weighted by Crippen LogP contribution is 1.90. The summed E-state index contributed by atoms with van der Waals surface area (Å²) in [4.78, 5) is 21.1. The lowest BCUT2D eigenvalue weighted by Gasteiger charge is -1.87. The molecule has 0 unspecified atom stereocenters. The molecule has 0 N–H and O–H groups in total. The Morgan fingerprint density at radius 3 is 1.88 bits per heavy atom. The first-order chi connectivity index (χ1) is 4.63. The van der Waals surface area contributed by atoms with Crippen molar-refractivity contribution in [2.24, 2.45) is 0 Å². The fourth-order valence-electron chi connectivity index (χ4n) is 0.358. The highest BCUT2D eigenvalue weighted by Gasteiger charge is 1.97. The van der Waals surface area contributed by atoms with Gasteiger partial charge in [0.25, 0.3) is 0 Å². The topological polar surface area (TPSA) is 34.1 Å². The largest absolute Gasteiger partial charge is 0.290 e. The third kappa shape index (κ3) is 0.904. The summed E-state index contributed by atoms with van der Waals surface area (Å²) in [7, 11) is 0. The van der Waals surface area contributed by atoms with E-state index in [1.54, 1.807) is 0 Å². The first-order valence-corrected chi connectivity index (χ1v) is 2.07. The molecule has 0 spiro atoms. The van der Waals surface area contributed by atoms with Crippen LogP contribution in [0.2, 0.25) is 0 Å². The number of rotatable bonds is 0. The van der Waals surface area contributed by atoms with Crippen molar-refractivity contribution in [1.29, 1.82) is 0 Å². The van der Waals surface area contributed by atoms with E-state index >= 15 is 0 Å². The molecule has 0 aromatic heterocycles. The van der Waals surface area contributed by atoms with Gasteiger partial charge in [-0.25, -0.2) is 0 Å². The fraction of sp³-hybridized carbons (Fsp3) is 0. The molecule has 0 saturated heterocycles. The zero-order valence-corrected chi connectivity index (χ0v) is 3.97. The van der Waals surface area contributed by atoms with E-state index in [1.165, 1.54) is 0 Å². The van der Waals surface area contributed by atoms with Crippen molar-refractivity contribution in [3.63, 3.8) is 0 Å². The first-order valence-electron chi connectivity index (χ1n) is 3.07. The minimum absolute atomic E-state index is 0.521. The summed E-state index contributed by atoms with van der Waals surface area (Å²) in [5.41, 5.74) is 0. The molecule has 0 radical (unpaired) electrons. The lowest BCUT2D eigenvalue weighted by atomic mass is 10.2. The molecule has 8 heavy (non-hydrogen) atoms. The zero-order valence-electron chi connectivity index (χ0n) is 5.97. The minimum atomic E-state index is -0.579. The lowest BCUT2D eigenvalue weighted by Crippen LogP contribution is -1.97. The van der Waals surface area contributed by atoms with Crippen LogP contribution in [-0.2, 0) is 9.59 Å². The molecule has 40 valence electrons. The summed E-state index contributed by atoms with van der Waals surface area (Å²) < 4.78 is 13.8. The van der Waals surface area contributed by atoms with E-state index in [0.717, 1.165) is 12.2 Å². The number of carbonyl (C=O) groups excluding carboxylic acids is 2. The molecule has 1 rings (SSSR count). The van der Waals surface area contributed by atoms with Crippen LogP contribution in [0.25, 0.3) is 0 Å². The van der Waals surface area contributed by atoms with Crippen LogP contribution < -0.4 is 0 Å². The summed E-state index contributed by atoms with van der Waals surface area (Å²) in [5.74, 6) is -1.16. The van der Waals surface area contributed by atoms with Gasteiger partial charge in [-0.3, -0.25) is 9.59 Å². The van der Waals surface area contributed by atoms with Crippen LogP contribution in [0.3, 0.4) is 0 Å². The Labute approximate surface area is 49.3 Å². The van der Waals surface area contributed by atoms with Crippen molar-refractivity contribution in [3.05, 3.63) is 24.3 Å². The standard InChI is InChI=1S/C6H4O2/c7-5-1-2-6(8)4-3-5/h1-4H/i1D,2D. The van der Waals surface area contributed by atoms with E-state index in [2.05, 4.69) is 0 Å². The lowest BCUT2D eigenvalue weighted by molar-refractivity contribution is -0.113. The maximum atomic E-state index is 10.5. The molecular weight excluding hydrogens is 104 g/mol. The molecule has 2 nitrogen and oxygen atoms in total. The van der Waals surface area contributed by atoms with E-state index in [9.17, 15) is 9.59 Å². The van der Waals surface area contributed by atoms with Crippen molar-refractivity contribution < 1.29 is 12.3 Å².